The van der Waals surface area contributed by atoms with E-state index in [1.807, 2.05) is 4.68 Å². The number of benzene rings is 1. The second-order valence-electron chi connectivity index (χ2n) is 12.6. The Labute approximate surface area is 244 Å². The Morgan fingerprint density at radius 2 is 1.83 bits per heavy atom. The summed E-state index contributed by atoms with van der Waals surface area (Å²) in [7, 11) is 0. The number of aromatic nitrogens is 2. The van der Waals surface area contributed by atoms with Gasteiger partial charge in [-0.2, -0.15) is 18.3 Å². The zero-order valence-corrected chi connectivity index (χ0v) is 25.0. The van der Waals surface area contributed by atoms with Crippen molar-refractivity contribution in [3.8, 4) is 11.3 Å². The van der Waals surface area contributed by atoms with Crippen LogP contribution in [0.15, 0.2) is 23.1 Å². The number of β-amino-alcohol motifs (C(OH)–C–C–N with tert-alkyl or cyclic N) is 1. The molecule has 4 heterocycles. The first-order valence-electron chi connectivity index (χ1n) is 14.9. The Morgan fingerprint density at radius 1 is 1.10 bits per heavy atom. The number of rotatable bonds is 9. The monoisotopic (exact) mass is 597 g/mol. The third-order valence-corrected chi connectivity index (χ3v) is 9.85. The highest BCUT2D eigenvalue weighted by molar-refractivity contribution is 7.99. The van der Waals surface area contributed by atoms with Crippen molar-refractivity contribution in [1.82, 2.24) is 24.9 Å². The quantitative estimate of drug-likeness (QED) is 0.305. The summed E-state index contributed by atoms with van der Waals surface area (Å²) in [4.78, 5) is 4.63. The van der Waals surface area contributed by atoms with Crippen LogP contribution < -0.4 is 5.32 Å². The summed E-state index contributed by atoms with van der Waals surface area (Å²) in [5.74, 6) is 0.497. The Kier molecular flexibility index (Phi) is 9.70. The molecule has 6 nitrogen and oxygen atoms in total. The Morgan fingerprint density at radius 3 is 2.54 bits per heavy atom. The maximum absolute atomic E-state index is 13.9. The first-order valence-corrected chi connectivity index (χ1v) is 15.9. The molecule has 11 heteroatoms. The van der Waals surface area contributed by atoms with E-state index in [-0.39, 0.29) is 4.90 Å². The van der Waals surface area contributed by atoms with Gasteiger partial charge in [-0.25, -0.2) is 4.39 Å². The van der Waals surface area contributed by atoms with E-state index < -0.39 is 24.0 Å². The highest BCUT2D eigenvalue weighted by atomic mass is 32.2. The average molecular weight is 598 g/mol. The van der Waals surface area contributed by atoms with Crippen LogP contribution in [0.1, 0.15) is 56.4 Å². The molecule has 5 rings (SSSR count). The zero-order valence-electron chi connectivity index (χ0n) is 24.1. The number of aliphatic hydroxyl groups is 1. The molecule has 2 N–H and O–H groups in total. The number of hydrogen-bond acceptors (Lipinski definition) is 6. The molecule has 228 valence electrons. The molecular weight excluding hydrogens is 554 g/mol. The molecule has 0 aliphatic carbocycles. The van der Waals surface area contributed by atoms with Crippen molar-refractivity contribution in [1.29, 1.82) is 0 Å². The SMILES string of the molecule is CC1(C)CCN(C[C@H](O)Cn2nc(-c3ccc(C(F)(F)F)c(SCCN4CCC(F)CC4)c3)c3c2CCNC3)CC1. The molecular formula is C30H43F4N5OS. The van der Waals surface area contributed by atoms with Gasteiger partial charge in [-0.05, 0) is 56.3 Å². The highest BCUT2D eigenvalue weighted by Gasteiger charge is 2.34. The smallest absolute Gasteiger partial charge is 0.390 e. The van der Waals surface area contributed by atoms with E-state index in [9.17, 15) is 22.7 Å². The van der Waals surface area contributed by atoms with Crippen LogP contribution in [0.2, 0.25) is 0 Å². The van der Waals surface area contributed by atoms with Gasteiger partial charge in [-0.1, -0.05) is 19.9 Å². The number of halogens is 4. The second-order valence-corrected chi connectivity index (χ2v) is 13.7. The van der Waals surface area contributed by atoms with Crippen molar-refractivity contribution in [2.45, 2.75) is 82.4 Å². The van der Waals surface area contributed by atoms with Gasteiger partial charge in [-0.15, -0.1) is 11.8 Å². The van der Waals surface area contributed by atoms with Crippen molar-refractivity contribution in [3.05, 3.63) is 35.0 Å². The third kappa shape index (κ3) is 7.84. The number of nitrogens with zero attached hydrogens (tertiary/aromatic N) is 4. The summed E-state index contributed by atoms with van der Waals surface area (Å²) in [6.45, 7) is 10.8. The lowest BCUT2D eigenvalue weighted by molar-refractivity contribution is -0.139. The number of aliphatic hydroxyl groups excluding tert-OH is 1. The van der Waals surface area contributed by atoms with E-state index in [4.69, 9.17) is 5.10 Å². The molecule has 0 amide bonds. The van der Waals surface area contributed by atoms with Crippen LogP contribution in [-0.2, 0) is 25.7 Å². The largest absolute Gasteiger partial charge is 0.417 e. The van der Waals surface area contributed by atoms with Gasteiger partial charge < -0.3 is 20.2 Å². The minimum atomic E-state index is -4.46. The lowest BCUT2D eigenvalue weighted by atomic mass is 9.82. The number of hydrogen-bond donors (Lipinski definition) is 2. The van der Waals surface area contributed by atoms with E-state index in [1.165, 1.54) is 23.9 Å². The molecule has 1 aromatic heterocycles. The predicted octanol–water partition coefficient (Wildman–Crippen LogP) is 5.22. The molecule has 0 spiro atoms. The van der Waals surface area contributed by atoms with Gasteiger partial charge >= 0.3 is 6.18 Å². The molecule has 1 aromatic carbocycles. The summed E-state index contributed by atoms with van der Waals surface area (Å²) in [5.41, 5.74) is 3.08. The normalized spacial score (nSPS) is 21.6. The Bertz CT molecular complexity index is 1170. The Balaban J connectivity index is 1.33. The molecule has 0 bridgehead atoms. The first-order chi connectivity index (χ1) is 19.5. The third-order valence-electron chi connectivity index (χ3n) is 8.81. The molecule has 1 atom stereocenters. The van der Waals surface area contributed by atoms with Crippen LogP contribution >= 0.6 is 11.8 Å². The van der Waals surface area contributed by atoms with E-state index in [1.54, 1.807) is 6.07 Å². The van der Waals surface area contributed by atoms with Crippen LogP contribution in [0.4, 0.5) is 17.6 Å². The van der Waals surface area contributed by atoms with Crippen molar-refractivity contribution in [2.24, 2.45) is 5.41 Å². The van der Waals surface area contributed by atoms with Gasteiger partial charge in [0.1, 0.15) is 6.17 Å². The van der Waals surface area contributed by atoms with Gasteiger partial charge in [0.25, 0.3) is 0 Å². The van der Waals surface area contributed by atoms with Crippen LogP contribution in [0.3, 0.4) is 0 Å². The predicted molar refractivity (Wildman–Crippen MR) is 155 cm³/mol. The molecule has 0 radical (unpaired) electrons. The molecule has 3 aliphatic rings. The summed E-state index contributed by atoms with van der Waals surface area (Å²) in [6.07, 6.45) is -1.86. The minimum absolute atomic E-state index is 0.190. The summed E-state index contributed by atoms with van der Waals surface area (Å²) in [6, 6.07) is 4.31. The number of piperidine rings is 2. The van der Waals surface area contributed by atoms with Crippen molar-refractivity contribution in [3.63, 3.8) is 0 Å². The first kappa shape index (κ1) is 30.8. The minimum Gasteiger partial charge on any atom is -0.390 e. The van der Waals surface area contributed by atoms with Gasteiger partial charge in [-0.3, -0.25) is 4.68 Å². The number of alkyl halides is 4. The zero-order chi connectivity index (χ0) is 29.2. The lowest BCUT2D eigenvalue weighted by Crippen LogP contribution is -2.42. The van der Waals surface area contributed by atoms with Crippen molar-refractivity contribution < 1.29 is 22.7 Å². The Hall–Kier alpha value is -1.66. The van der Waals surface area contributed by atoms with Gasteiger partial charge in [0, 0.05) is 73.2 Å². The number of thioether (sulfide) groups is 1. The number of likely N-dealkylation sites (tertiary alicyclic amines) is 2. The van der Waals surface area contributed by atoms with Crippen molar-refractivity contribution in [2.75, 3.05) is 51.6 Å². The molecule has 2 aromatic rings. The van der Waals surface area contributed by atoms with Gasteiger partial charge in [0.2, 0.25) is 0 Å². The molecule has 0 unspecified atom stereocenters. The summed E-state index contributed by atoms with van der Waals surface area (Å²) in [5, 5.41) is 19.2. The van der Waals surface area contributed by atoms with Crippen molar-refractivity contribution >= 4 is 11.8 Å². The van der Waals surface area contributed by atoms with E-state index in [2.05, 4.69) is 29.0 Å². The molecule has 41 heavy (non-hydrogen) atoms. The highest BCUT2D eigenvalue weighted by Crippen LogP contribution is 2.40. The molecule has 3 aliphatic heterocycles. The van der Waals surface area contributed by atoms with Crippen LogP contribution in [0.25, 0.3) is 11.3 Å². The fourth-order valence-corrected chi connectivity index (χ4v) is 7.25. The standard InChI is InChI=1S/C30H43F4N5OS/c1-29(2)8-13-38(14-9-29)19-23(40)20-39-26-5-10-35-18-24(26)28(36-39)21-3-4-25(30(32,33)34)27(17-21)41-16-15-37-11-6-22(31)7-12-37/h3-4,17,22-23,35,40H,5-16,18-20H2,1-2H3/t23-/m0/s1. The average Bonchev–Trinajstić information content (AvgIpc) is 3.28. The van der Waals surface area contributed by atoms with Gasteiger partial charge in [0.15, 0.2) is 0 Å². The van der Waals surface area contributed by atoms with E-state index in [0.717, 1.165) is 50.2 Å². The maximum Gasteiger partial charge on any atom is 0.417 e. The molecule has 2 fully saturated rings. The fourth-order valence-electron chi connectivity index (χ4n) is 6.13. The van der Waals surface area contributed by atoms with Crippen LogP contribution in [-0.4, -0.2) is 88.5 Å². The van der Waals surface area contributed by atoms with Crippen LogP contribution in [0.5, 0.6) is 0 Å². The van der Waals surface area contributed by atoms with Crippen LogP contribution in [0, 0.1) is 5.41 Å². The van der Waals surface area contributed by atoms with E-state index >= 15 is 0 Å². The maximum atomic E-state index is 13.9. The summed E-state index contributed by atoms with van der Waals surface area (Å²) >= 11 is 1.20. The number of fused-ring (bicyclic) bond motifs is 1. The number of nitrogens with one attached hydrogen (secondary N) is 1. The summed E-state index contributed by atoms with van der Waals surface area (Å²) < 4.78 is 57.2. The molecule has 0 saturated carbocycles. The van der Waals surface area contributed by atoms with Gasteiger partial charge in [0.05, 0.1) is 23.9 Å². The lowest BCUT2D eigenvalue weighted by Gasteiger charge is -2.37. The fraction of sp³-hybridized carbons (Fsp3) is 0.700. The topological polar surface area (TPSA) is 56.6 Å². The van der Waals surface area contributed by atoms with E-state index in [0.29, 0.717) is 74.5 Å². The molecule has 2 saturated heterocycles. The second kappa shape index (κ2) is 12.9.